The van der Waals surface area contributed by atoms with E-state index in [1.165, 1.54) is 16.1 Å². The number of nitrogens with zero attached hydrogens (tertiary/aromatic N) is 3. The summed E-state index contributed by atoms with van der Waals surface area (Å²) in [5, 5.41) is -0.352. The van der Waals surface area contributed by atoms with Crippen LogP contribution in [-0.4, -0.2) is 67.1 Å². The highest BCUT2D eigenvalue weighted by Gasteiger charge is 2.36. The molecule has 2 heterocycles. The zero-order valence-corrected chi connectivity index (χ0v) is 18.5. The maximum atomic E-state index is 13.4. The van der Waals surface area contributed by atoms with Crippen LogP contribution in [0.3, 0.4) is 0 Å². The molecule has 0 saturated carbocycles. The van der Waals surface area contributed by atoms with Crippen LogP contribution >= 0.6 is 11.8 Å². The van der Waals surface area contributed by atoms with E-state index in [9.17, 15) is 13.2 Å². The van der Waals surface area contributed by atoms with Crippen molar-refractivity contribution < 1.29 is 13.2 Å². The number of thioether (sulfide) groups is 1. The molecule has 2 aliphatic rings. The molecule has 2 aromatic carbocycles. The Bertz CT molecular complexity index is 940. The molecule has 30 heavy (non-hydrogen) atoms. The minimum atomic E-state index is -3.41. The average Bonchev–Trinajstić information content (AvgIpc) is 3.34. The highest BCUT2D eigenvalue weighted by molar-refractivity contribution is 8.00. The second-order valence-corrected chi connectivity index (χ2v) is 10.7. The maximum Gasteiger partial charge on any atom is 0.282 e. The average molecular weight is 446 g/mol. The first-order valence-corrected chi connectivity index (χ1v) is 12.6. The molecule has 2 saturated heterocycles. The Hall–Kier alpha value is -1.87. The molecule has 0 N–H and O–H groups in total. The van der Waals surface area contributed by atoms with E-state index >= 15 is 0 Å². The van der Waals surface area contributed by atoms with Crippen molar-refractivity contribution in [3.05, 3.63) is 66.2 Å². The van der Waals surface area contributed by atoms with Crippen molar-refractivity contribution in [3.8, 4) is 0 Å². The quantitative estimate of drug-likeness (QED) is 0.642. The predicted octanol–water partition coefficient (Wildman–Crippen LogP) is 3.00. The molecule has 1 amide bonds. The van der Waals surface area contributed by atoms with Gasteiger partial charge < -0.3 is 4.90 Å². The second kappa shape index (κ2) is 9.51. The van der Waals surface area contributed by atoms with Gasteiger partial charge in [-0.3, -0.25) is 4.79 Å². The predicted molar refractivity (Wildman–Crippen MR) is 119 cm³/mol. The number of amides is 1. The summed E-state index contributed by atoms with van der Waals surface area (Å²) in [4.78, 5) is 16.3. The van der Waals surface area contributed by atoms with Gasteiger partial charge in [0.25, 0.3) is 10.2 Å². The smallest absolute Gasteiger partial charge is 0.282 e. The van der Waals surface area contributed by atoms with E-state index in [2.05, 4.69) is 0 Å². The second-order valence-electron chi connectivity index (χ2n) is 7.56. The lowest BCUT2D eigenvalue weighted by Gasteiger charge is -2.37. The number of hydrogen-bond donors (Lipinski definition) is 0. The topological polar surface area (TPSA) is 60.9 Å². The van der Waals surface area contributed by atoms with Crippen molar-refractivity contribution in [2.45, 2.75) is 23.0 Å². The maximum absolute atomic E-state index is 13.4. The fraction of sp³-hybridized carbons (Fsp3) is 0.409. The number of hydrogen-bond acceptors (Lipinski definition) is 4. The third kappa shape index (κ3) is 4.72. The van der Waals surface area contributed by atoms with Crippen molar-refractivity contribution in [2.75, 3.05) is 39.3 Å². The lowest BCUT2D eigenvalue weighted by molar-refractivity contribution is -0.131. The normalized spacial score (nSPS) is 19.7. The molecule has 2 aliphatic heterocycles. The molecule has 0 bridgehead atoms. The Kier molecular flexibility index (Phi) is 6.77. The molecule has 2 fully saturated rings. The first-order chi connectivity index (χ1) is 14.6. The van der Waals surface area contributed by atoms with Crippen LogP contribution in [0.4, 0.5) is 0 Å². The third-order valence-electron chi connectivity index (χ3n) is 5.59. The summed E-state index contributed by atoms with van der Waals surface area (Å²) in [6.45, 7) is 2.75. The molecule has 0 spiro atoms. The molecule has 1 atom stereocenters. The standard InChI is InChI=1S/C22H27N3O3S2/c26-22(21(19-9-3-1-4-10-19)29-20-11-5-2-6-12-20)23-15-17-25(18-16-23)30(27,28)24-13-7-8-14-24/h1-6,9-12,21H,7-8,13-18H2. The van der Waals surface area contributed by atoms with Crippen LogP contribution in [0.2, 0.25) is 0 Å². The van der Waals surface area contributed by atoms with Gasteiger partial charge in [-0.15, -0.1) is 11.8 Å². The van der Waals surface area contributed by atoms with Gasteiger partial charge in [0.05, 0.1) is 0 Å². The summed E-state index contributed by atoms with van der Waals surface area (Å²) in [5.74, 6) is 0.0354. The Morgan fingerprint density at radius 1 is 0.767 bits per heavy atom. The van der Waals surface area contributed by atoms with Crippen LogP contribution in [0.1, 0.15) is 23.7 Å². The minimum absolute atomic E-state index is 0.0354. The van der Waals surface area contributed by atoms with E-state index in [0.29, 0.717) is 39.3 Å². The zero-order valence-electron chi connectivity index (χ0n) is 16.9. The molecule has 2 aromatic rings. The first-order valence-electron chi connectivity index (χ1n) is 10.4. The molecular weight excluding hydrogens is 418 g/mol. The van der Waals surface area contributed by atoms with Crippen LogP contribution in [0.15, 0.2) is 65.6 Å². The molecule has 0 aromatic heterocycles. The fourth-order valence-electron chi connectivity index (χ4n) is 3.91. The summed E-state index contributed by atoms with van der Waals surface area (Å²) < 4.78 is 28.7. The molecule has 0 aliphatic carbocycles. The zero-order chi connectivity index (χ0) is 21.0. The van der Waals surface area contributed by atoms with Crippen LogP contribution in [0, 0.1) is 0 Å². The lowest BCUT2D eigenvalue weighted by atomic mass is 10.1. The van der Waals surface area contributed by atoms with E-state index in [4.69, 9.17) is 0 Å². The summed E-state index contributed by atoms with van der Waals surface area (Å²) in [7, 11) is -3.41. The van der Waals surface area contributed by atoms with Gasteiger partial charge in [-0.2, -0.15) is 17.0 Å². The monoisotopic (exact) mass is 445 g/mol. The Labute approximate surface area is 183 Å². The molecule has 4 rings (SSSR count). The van der Waals surface area contributed by atoms with Gasteiger partial charge in [0, 0.05) is 44.2 Å². The molecule has 160 valence electrons. The van der Waals surface area contributed by atoms with Gasteiger partial charge in [0.1, 0.15) is 5.25 Å². The van der Waals surface area contributed by atoms with Crippen LogP contribution in [-0.2, 0) is 15.0 Å². The number of carbonyl (C=O) groups is 1. The van der Waals surface area contributed by atoms with Gasteiger partial charge >= 0.3 is 0 Å². The summed E-state index contributed by atoms with van der Waals surface area (Å²) in [6, 6.07) is 19.7. The molecule has 6 nitrogen and oxygen atoms in total. The van der Waals surface area contributed by atoms with E-state index < -0.39 is 10.2 Å². The molecule has 0 radical (unpaired) electrons. The summed E-state index contributed by atoms with van der Waals surface area (Å²) in [5.41, 5.74) is 0.962. The van der Waals surface area contributed by atoms with Crippen molar-refractivity contribution in [3.63, 3.8) is 0 Å². The largest absolute Gasteiger partial charge is 0.339 e. The van der Waals surface area contributed by atoms with Crippen molar-refractivity contribution in [2.24, 2.45) is 0 Å². The van der Waals surface area contributed by atoms with Crippen LogP contribution in [0.25, 0.3) is 0 Å². The van der Waals surface area contributed by atoms with Crippen molar-refractivity contribution in [1.29, 1.82) is 0 Å². The molecular formula is C22H27N3O3S2. The Balaban J connectivity index is 1.46. The summed E-state index contributed by atoms with van der Waals surface area (Å²) in [6.07, 6.45) is 1.85. The van der Waals surface area contributed by atoms with Gasteiger partial charge in [-0.05, 0) is 30.5 Å². The Morgan fingerprint density at radius 2 is 1.30 bits per heavy atom. The lowest BCUT2D eigenvalue weighted by Crippen LogP contribution is -2.54. The van der Waals surface area contributed by atoms with Gasteiger partial charge in [-0.25, -0.2) is 0 Å². The first kappa shape index (κ1) is 21.4. The van der Waals surface area contributed by atoms with E-state index in [0.717, 1.165) is 23.3 Å². The van der Waals surface area contributed by atoms with Gasteiger partial charge in [-0.1, -0.05) is 48.5 Å². The fourth-order valence-corrected chi connectivity index (χ4v) is 6.71. The van der Waals surface area contributed by atoms with E-state index in [-0.39, 0.29) is 11.2 Å². The number of carbonyl (C=O) groups excluding carboxylic acids is 1. The van der Waals surface area contributed by atoms with Crippen molar-refractivity contribution >= 4 is 27.9 Å². The number of rotatable bonds is 6. The molecule has 1 unspecified atom stereocenters. The van der Waals surface area contributed by atoms with E-state index in [1.54, 1.807) is 4.31 Å². The van der Waals surface area contributed by atoms with Crippen LogP contribution < -0.4 is 0 Å². The number of benzene rings is 2. The number of piperazine rings is 1. The van der Waals surface area contributed by atoms with Crippen LogP contribution in [0.5, 0.6) is 0 Å². The SMILES string of the molecule is O=C(C(Sc1ccccc1)c1ccccc1)N1CCN(S(=O)(=O)N2CCCC2)CC1. The summed E-state index contributed by atoms with van der Waals surface area (Å²) >= 11 is 1.54. The highest BCUT2D eigenvalue weighted by atomic mass is 32.2. The van der Waals surface area contributed by atoms with Gasteiger partial charge in [0.15, 0.2) is 0 Å². The minimum Gasteiger partial charge on any atom is -0.339 e. The molecule has 8 heteroatoms. The van der Waals surface area contributed by atoms with E-state index in [1.807, 2.05) is 65.6 Å². The highest BCUT2D eigenvalue weighted by Crippen LogP contribution is 2.37. The third-order valence-corrected chi connectivity index (χ3v) is 8.88. The van der Waals surface area contributed by atoms with Crippen molar-refractivity contribution in [1.82, 2.24) is 13.5 Å². The van der Waals surface area contributed by atoms with Gasteiger partial charge in [0.2, 0.25) is 5.91 Å². The Morgan fingerprint density at radius 3 is 1.90 bits per heavy atom.